The molecular formula is C16H16ClF2N. The average molecular weight is 296 g/mol. The second-order valence-electron chi connectivity index (χ2n) is 4.63. The Kier molecular flexibility index (Phi) is 5.50. The molecule has 0 fully saturated rings. The van der Waals surface area contributed by atoms with Crippen LogP contribution in [0, 0.1) is 11.6 Å². The Morgan fingerprint density at radius 3 is 2.20 bits per heavy atom. The van der Waals surface area contributed by atoms with Crippen LogP contribution in [0.1, 0.15) is 11.1 Å². The number of nitrogens with zero attached hydrogens (tertiary/aromatic N) is 1. The van der Waals surface area contributed by atoms with Crippen molar-refractivity contribution >= 4 is 11.6 Å². The Labute approximate surface area is 122 Å². The molecule has 0 aliphatic rings. The minimum absolute atomic E-state index is 0.497. The van der Waals surface area contributed by atoms with Crippen molar-refractivity contribution in [3.8, 4) is 0 Å². The summed E-state index contributed by atoms with van der Waals surface area (Å²) in [4.78, 5) is 2.11. The topological polar surface area (TPSA) is 3.24 Å². The smallest absolute Gasteiger partial charge is 0.159 e. The third-order valence-electron chi connectivity index (χ3n) is 3.04. The van der Waals surface area contributed by atoms with Gasteiger partial charge in [0.25, 0.3) is 0 Å². The van der Waals surface area contributed by atoms with Gasteiger partial charge in [0, 0.05) is 25.5 Å². The standard InChI is InChI=1S/C16H16ClF2N/c17-8-9-20(11-13-4-2-1-3-5-13)12-14-6-7-15(18)16(19)10-14/h1-7,10H,8-9,11-12H2. The molecule has 20 heavy (non-hydrogen) atoms. The van der Waals surface area contributed by atoms with Gasteiger partial charge in [-0.25, -0.2) is 8.78 Å². The number of hydrogen-bond donors (Lipinski definition) is 0. The van der Waals surface area contributed by atoms with Crippen LogP contribution in [0.15, 0.2) is 48.5 Å². The highest BCUT2D eigenvalue weighted by Crippen LogP contribution is 2.13. The van der Waals surface area contributed by atoms with E-state index in [1.54, 1.807) is 6.07 Å². The minimum atomic E-state index is -0.819. The molecule has 0 saturated carbocycles. The fourth-order valence-electron chi connectivity index (χ4n) is 2.07. The molecule has 0 unspecified atom stereocenters. The predicted molar refractivity (Wildman–Crippen MR) is 77.6 cm³/mol. The fourth-order valence-corrected chi connectivity index (χ4v) is 2.31. The lowest BCUT2D eigenvalue weighted by atomic mass is 10.1. The third-order valence-corrected chi connectivity index (χ3v) is 3.21. The molecule has 0 heterocycles. The van der Waals surface area contributed by atoms with Crippen molar-refractivity contribution in [2.24, 2.45) is 0 Å². The monoisotopic (exact) mass is 295 g/mol. The first kappa shape index (κ1) is 14.9. The van der Waals surface area contributed by atoms with Gasteiger partial charge in [-0.3, -0.25) is 4.90 Å². The summed E-state index contributed by atoms with van der Waals surface area (Å²) >= 11 is 5.81. The second-order valence-corrected chi connectivity index (χ2v) is 5.01. The van der Waals surface area contributed by atoms with Crippen LogP contribution in [0.3, 0.4) is 0 Å². The first-order chi connectivity index (χ1) is 9.69. The number of benzene rings is 2. The lowest BCUT2D eigenvalue weighted by Gasteiger charge is -2.21. The van der Waals surface area contributed by atoms with Crippen LogP contribution >= 0.6 is 11.6 Å². The van der Waals surface area contributed by atoms with E-state index in [0.29, 0.717) is 19.0 Å². The lowest BCUT2D eigenvalue weighted by molar-refractivity contribution is 0.272. The molecule has 2 aromatic rings. The van der Waals surface area contributed by atoms with E-state index in [-0.39, 0.29) is 0 Å². The summed E-state index contributed by atoms with van der Waals surface area (Å²) in [6.45, 7) is 1.96. The zero-order chi connectivity index (χ0) is 14.4. The molecule has 0 aliphatic heterocycles. The van der Waals surface area contributed by atoms with Gasteiger partial charge < -0.3 is 0 Å². The largest absolute Gasteiger partial charge is 0.294 e. The molecule has 0 N–H and O–H groups in total. The van der Waals surface area contributed by atoms with Crippen LogP contribution < -0.4 is 0 Å². The molecule has 2 rings (SSSR count). The lowest BCUT2D eigenvalue weighted by Crippen LogP contribution is -2.25. The van der Waals surface area contributed by atoms with Crippen LogP contribution in [0.25, 0.3) is 0 Å². The van der Waals surface area contributed by atoms with Gasteiger partial charge in [0.05, 0.1) is 0 Å². The Hall–Kier alpha value is -1.45. The van der Waals surface area contributed by atoms with Gasteiger partial charge in [-0.2, -0.15) is 0 Å². The van der Waals surface area contributed by atoms with Crippen molar-refractivity contribution in [3.63, 3.8) is 0 Å². The van der Waals surface area contributed by atoms with Crippen molar-refractivity contribution in [1.29, 1.82) is 0 Å². The highest BCUT2D eigenvalue weighted by atomic mass is 35.5. The molecule has 0 amide bonds. The second kappa shape index (κ2) is 7.36. The summed E-state index contributed by atoms with van der Waals surface area (Å²) in [5.41, 5.74) is 1.91. The zero-order valence-corrected chi connectivity index (χ0v) is 11.8. The fraction of sp³-hybridized carbons (Fsp3) is 0.250. The Balaban J connectivity index is 2.06. The van der Waals surface area contributed by atoms with Gasteiger partial charge in [0.2, 0.25) is 0 Å². The molecule has 0 aliphatic carbocycles. The number of rotatable bonds is 6. The quantitative estimate of drug-likeness (QED) is 0.722. The number of alkyl halides is 1. The maximum absolute atomic E-state index is 13.2. The third kappa shape index (κ3) is 4.29. The van der Waals surface area contributed by atoms with Gasteiger partial charge in [-0.05, 0) is 23.3 Å². The van der Waals surface area contributed by atoms with E-state index in [0.717, 1.165) is 18.2 Å². The molecular weight excluding hydrogens is 280 g/mol. The van der Waals surface area contributed by atoms with Crippen LogP contribution in [-0.2, 0) is 13.1 Å². The highest BCUT2D eigenvalue weighted by Gasteiger charge is 2.09. The van der Waals surface area contributed by atoms with Gasteiger partial charge in [0.15, 0.2) is 11.6 Å². The van der Waals surface area contributed by atoms with Crippen LogP contribution in [0.4, 0.5) is 8.78 Å². The summed E-state index contributed by atoms with van der Waals surface area (Å²) in [5.74, 6) is -1.13. The first-order valence-corrected chi connectivity index (χ1v) is 6.98. The Morgan fingerprint density at radius 1 is 0.850 bits per heavy atom. The van der Waals surface area contributed by atoms with E-state index < -0.39 is 11.6 Å². The Morgan fingerprint density at radius 2 is 1.55 bits per heavy atom. The average Bonchev–Trinajstić information content (AvgIpc) is 2.44. The maximum atomic E-state index is 13.2. The number of halogens is 3. The number of hydrogen-bond acceptors (Lipinski definition) is 1. The summed E-state index contributed by atoms with van der Waals surface area (Å²) in [6, 6.07) is 14.0. The maximum Gasteiger partial charge on any atom is 0.159 e. The molecule has 106 valence electrons. The summed E-state index contributed by atoms with van der Waals surface area (Å²) in [7, 11) is 0. The van der Waals surface area contributed by atoms with E-state index >= 15 is 0 Å². The van der Waals surface area contributed by atoms with E-state index in [1.165, 1.54) is 11.6 Å². The summed E-state index contributed by atoms with van der Waals surface area (Å²) in [5, 5.41) is 0. The van der Waals surface area contributed by atoms with Gasteiger partial charge in [-0.15, -0.1) is 11.6 Å². The van der Waals surface area contributed by atoms with E-state index in [1.807, 2.05) is 30.3 Å². The molecule has 0 spiro atoms. The van der Waals surface area contributed by atoms with Crippen molar-refractivity contribution in [2.75, 3.05) is 12.4 Å². The summed E-state index contributed by atoms with van der Waals surface area (Å²) in [6.07, 6.45) is 0. The van der Waals surface area contributed by atoms with Gasteiger partial charge >= 0.3 is 0 Å². The van der Waals surface area contributed by atoms with Crippen LogP contribution in [0.5, 0.6) is 0 Å². The molecule has 2 aromatic carbocycles. The summed E-state index contributed by atoms with van der Waals surface area (Å²) < 4.78 is 26.1. The van der Waals surface area contributed by atoms with Crippen molar-refractivity contribution in [1.82, 2.24) is 4.90 Å². The highest BCUT2D eigenvalue weighted by molar-refractivity contribution is 6.18. The van der Waals surface area contributed by atoms with E-state index in [2.05, 4.69) is 4.90 Å². The van der Waals surface area contributed by atoms with Crippen molar-refractivity contribution in [3.05, 3.63) is 71.3 Å². The molecule has 1 nitrogen and oxygen atoms in total. The van der Waals surface area contributed by atoms with E-state index in [4.69, 9.17) is 11.6 Å². The van der Waals surface area contributed by atoms with Crippen LogP contribution in [0.2, 0.25) is 0 Å². The van der Waals surface area contributed by atoms with Crippen LogP contribution in [-0.4, -0.2) is 17.3 Å². The van der Waals surface area contributed by atoms with Crippen molar-refractivity contribution in [2.45, 2.75) is 13.1 Å². The molecule has 0 bridgehead atoms. The first-order valence-electron chi connectivity index (χ1n) is 6.45. The molecule has 0 aromatic heterocycles. The molecule has 0 radical (unpaired) electrons. The minimum Gasteiger partial charge on any atom is -0.294 e. The molecule has 0 atom stereocenters. The van der Waals surface area contributed by atoms with Gasteiger partial charge in [0.1, 0.15) is 0 Å². The van der Waals surface area contributed by atoms with E-state index in [9.17, 15) is 8.78 Å². The Bertz CT molecular complexity index is 545. The zero-order valence-electron chi connectivity index (χ0n) is 11.0. The predicted octanol–water partition coefficient (Wildman–Crippen LogP) is 4.21. The van der Waals surface area contributed by atoms with Gasteiger partial charge in [-0.1, -0.05) is 36.4 Å². The SMILES string of the molecule is Fc1ccc(CN(CCCl)Cc2ccccc2)cc1F. The normalized spacial score (nSPS) is 11.0. The molecule has 0 saturated heterocycles. The molecule has 4 heteroatoms. The van der Waals surface area contributed by atoms with Crippen molar-refractivity contribution < 1.29 is 8.78 Å².